The molecule has 0 unspecified atom stereocenters. The molecule has 0 N–H and O–H groups in total. The van der Waals surface area contributed by atoms with Crippen LogP contribution in [0.2, 0.25) is 0 Å². The summed E-state index contributed by atoms with van der Waals surface area (Å²) in [6, 6.07) is 18.9. The van der Waals surface area contributed by atoms with E-state index >= 15 is 0 Å². The van der Waals surface area contributed by atoms with Gasteiger partial charge in [-0.25, -0.2) is 0 Å². The molecule has 0 atom stereocenters. The normalized spacial score (nSPS) is 15.2. The number of carbonyl (C=O) groups is 1. The number of unbranched alkanes of at least 4 members (excludes halogenated alkanes) is 1. The van der Waals surface area contributed by atoms with Gasteiger partial charge in [-0.3, -0.25) is 4.79 Å². The van der Waals surface area contributed by atoms with Gasteiger partial charge in [0, 0.05) is 37.8 Å². The molecule has 2 aromatic rings. The Morgan fingerprint density at radius 3 is 2.38 bits per heavy atom. The van der Waals surface area contributed by atoms with Crippen LogP contribution < -0.4 is 9.64 Å². The lowest BCUT2D eigenvalue weighted by molar-refractivity contribution is -0.119. The summed E-state index contributed by atoms with van der Waals surface area (Å²) in [4.78, 5) is 17.6. The van der Waals surface area contributed by atoms with Crippen molar-refractivity contribution in [3.63, 3.8) is 0 Å². The lowest BCUT2D eigenvalue weighted by atomic mass is 10.0. The van der Waals surface area contributed by atoms with Crippen molar-refractivity contribution in [1.82, 2.24) is 4.90 Å². The number of piperidine rings is 1. The number of amides is 1. The average Bonchev–Trinajstić information content (AvgIpc) is 2.78. The molecule has 4 heteroatoms. The van der Waals surface area contributed by atoms with Gasteiger partial charge >= 0.3 is 0 Å². The van der Waals surface area contributed by atoms with Gasteiger partial charge in [0.25, 0.3) is 0 Å². The van der Waals surface area contributed by atoms with Crippen LogP contribution in [0.3, 0.4) is 0 Å². The molecule has 1 amide bonds. The standard InChI is InChI=1S/C25H34N2O2/c1-3-4-10-25(28)27(22-11-13-24(29-2)14-12-22)23-16-19-26(20-17-23)18-15-21-8-6-5-7-9-21/h5-9,11-14,23H,3-4,10,15-20H2,1-2H3. The molecule has 1 aliphatic heterocycles. The van der Waals surface area contributed by atoms with Crippen molar-refractivity contribution in [1.29, 1.82) is 0 Å². The Hall–Kier alpha value is -2.33. The van der Waals surface area contributed by atoms with E-state index in [1.165, 1.54) is 5.56 Å². The topological polar surface area (TPSA) is 32.8 Å². The van der Waals surface area contributed by atoms with E-state index in [1.807, 2.05) is 24.3 Å². The number of carbonyl (C=O) groups excluding carboxylic acids is 1. The molecule has 4 nitrogen and oxygen atoms in total. The van der Waals surface area contributed by atoms with Gasteiger partial charge < -0.3 is 14.5 Å². The lowest BCUT2D eigenvalue weighted by Gasteiger charge is -2.39. The zero-order valence-corrected chi connectivity index (χ0v) is 17.8. The zero-order valence-electron chi connectivity index (χ0n) is 17.8. The van der Waals surface area contributed by atoms with E-state index in [1.54, 1.807) is 7.11 Å². The van der Waals surface area contributed by atoms with Crippen molar-refractivity contribution in [2.24, 2.45) is 0 Å². The molecule has 1 aliphatic rings. The van der Waals surface area contributed by atoms with Gasteiger partial charge in [-0.1, -0.05) is 43.7 Å². The first-order chi connectivity index (χ1) is 14.2. The molecule has 1 heterocycles. The van der Waals surface area contributed by atoms with Crippen molar-refractivity contribution >= 4 is 11.6 Å². The van der Waals surface area contributed by atoms with Crippen molar-refractivity contribution in [3.05, 3.63) is 60.2 Å². The second-order valence-electron chi connectivity index (χ2n) is 7.87. The number of hydrogen-bond acceptors (Lipinski definition) is 3. The summed E-state index contributed by atoms with van der Waals surface area (Å²) in [5, 5.41) is 0. The number of ether oxygens (including phenoxy) is 1. The van der Waals surface area contributed by atoms with E-state index in [-0.39, 0.29) is 11.9 Å². The Labute approximate surface area is 175 Å². The second kappa shape index (κ2) is 11.0. The van der Waals surface area contributed by atoms with E-state index in [9.17, 15) is 4.79 Å². The third-order valence-corrected chi connectivity index (χ3v) is 5.85. The molecule has 0 spiro atoms. The molecule has 1 saturated heterocycles. The van der Waals surface area contributed by atoms with Gasteiger partial charge in [-0.15, -0.1) is 0 Å². The van der Waals surface area contributed by atoms with Gasteiger partial charge in [0.15, 0.2) is 0 Å². The molecule has 29 heavy (non-hydrogen) atoms. The predicted octanol–water partition coefficient (Wildman–Crippen LogP) is 4.93. The van der Waals surface area contributed by atoms with Crippen LogP contribution in [0.5, 0.6) is 5.75 Å². The Morgan fingerprint density at radius 2 is 1.76 bits per heavy atom. The first kappa shape index (κ1) is 21.4. The molecule has 156 valence electrons. The first-order valence-corrected chi connectivity index (χ1v) is 10.9. The first-order valence-electron chi connectivity index (χ1n) is 10.9. The quantitative estimate of drug-likeness (QED) is 0.605. The maximum atomic E-state index is 13.0. The third-order valence-electron chi connectivity index (χ3n) is 5.85. The molecule has 0 bridgehead atoms. The molecule has 0 saturated carbocycles. The lowest BCUT2D eigenvalue weighted by Crippen LogP contribution is -2.48. The number of methoxy groups -OCH3 is 1. The minimum Gasteiger partial charge on any atom is -0.497 e. The fourth-order valence-corrected chi connectivity index (χ4v) is 4.08. The molecular formula is C25H34N2O2. The predicted molar refractivity (Wildman–Crippen MR) is 120 cm³/mol. The highest BCUT2D eigenvalue weighted by atomic mass is 16.5. The van der Waals surface area contributed by atoms with E-state index in [2.05, 4.69) is 47.1 Å². The van der Waals surface area contributed by atoms with E-state index in [0.717, 1.165) is 63.2 Å². The average molecular weight is 395 g/mol. The Kier molecular flexibility index (Phi) is 8.12. The van der Waals surface area contributed by atoms with Crippen molar-refractivity contribution in [2.45, 2.75) is 51.5 Å². The Morgan fingerprint density at radius 1 is 1.07 bits per heavy atom. The number of nitrogens with zero attached hydrogens (tertiary/aromatic N) is 2. The summed E-state index contributed by atoms with van der Waals surface area (Å²) in [7, 11) is 1.67. The fourth-order valence-electron chi connectivity index (χ4n) is 4.08. The number of anilines is 1. The Balaban J connectivity index is 1.61. The van der Waals surface area contributed by atoms with Gasteiger partial charge in [0.2, 0.25) is 5.91 Å². The molecule has 3 rings (SSSR count). The van der Waals surface area contributed by atoms with Crippen LogP contribution in [0.15, 0.2) is 54.6 Å². The van der Waals surface area contributed by atoms with Crippen LogP contribution in [0.4, 0.5) is 5.69 Å². The van der Waals surface area contributed by atoms with Gasteiger partial charge in [0.1, 0.15) is 5.75 Å². The number of rotatable bonds is 9. The molecular weight excluding hydrogens is 360 g/mol. The van der Waals surface area contributed by atoms with E-state index in [4.69, 9.17) is 4.74 Å². The monoisotopic (exact) mass is 394 g/mol. The molecule has 0 aromatic heterocycles. The summed E-state index contributed by atoms with van der Waals surface area (Å²) in [5.74, 6) is 1.07. The molecule has 1 fully saturated rings. The van der Waals surface area contributed by atoms with Crippen LogP contribution >= 0.6 is 0 Å². The fraction of sp³-hybridized carbons (Fsp3) is 0.480. The van der Waals surface area contributed by atoms with Crippen LogP contribution in [-0.2, 0) is 11.2 Å². The highest BCUT2D eigenvalue weighted by molar-refractivity contribution is 5.94. The number of benzene rings is 2. The van der Waals surface area contributed by atoms with Gasteiger partial charge in [-0.05, 0) is 55.5 Å². The third kappa shape index (κ3) is 6.07. The minimum absolute atomic E-state index is 0.250. The molecule has 0 aliphatic carbocycles. The zero-order chi connectivity index (χ0) is 20.5. The highest BCUT2D eigenvalue weighted by Gasteiger charge is 2.28. The van der Waals surface area contributed by atoms with E-state index < -0.39 is 0 Å². The SMILES string of the molecule is CCCCC(=O)N(c1ccc(OC)cc1)C1CCN(CCc2ccccc2)CC1. The number of hydrogen-bond donors (Lipinski definition) is 0. The maximum absolute atomic E-state index is 13.0. The summed E-state index contributed by atoms with van der Waals surface area (Å²) in [6.45, 7) is 5.32. The second-order valence-corrected chi connectivity index (χ2v) is 7.87. The van der Waals surface area contributed by atoms with Crippen LogP contribution in [0.1, 0.15) is 44.6 Å². The van der Waals surface area contributed by atoms with Crippen LogP contribution in [0, 0.1) is 0 Å². The molecule has 2 aromatic carbocycles. The maximum Gasteiger partial charge on any atom is 0.227 e. The number of likely N-dealkylation sites (tertiary alicyclic amines) is 1. The smallest absolute Gasteiger partial charge is 0.227 e. The van der Waals surface area contributed by atoms with Crippen molar-refractivity contribution in [3.8, 4) is 5.75 Å². The van der Waals surface area contributed by atoms with Crippen molar-refractivity contribution < 1.29 is 9.53 Å². The van der Waals surface area contributed by atoms with Gasteiger partial charge in [0.05, 0.1) is 7.11 Å². The van der Waals surface area contributed by atoms with E-state index in [0.29, 0.717) is 6.42 Å². The minimum atomic E-state index is 0.250. The molecule has 0 radical (unpaired) electrons. The summed E-state index contributed by atoms with van der Waals surface area (Å²) in [5.41, 5.74) is 2.39. The summed E-state index contributed by atoms with van der Waals surface area (Å²) >= 11 is 0. The summed E-state index contributed by atoms with van der Waals surface area (Å²) in [6.07, 6.45) is 5.75. The van der Waals surface area contributed by atoms with Gasteiger partial charge in [-0.2, -0.15) is 0 Å². The van der Waals surface area contributed by atoms with Crippen LogP contribution in [-0.4, -0.2) is 43.6 Å². The highest BCUT2D eigenvalue weighted by Crippen LogP contribution is 2.27. The Bertz CT molecular complexity index is 737. The van der Waals surface area contributed by atoms with Crippen molar-refractivity contribution in [2.75, 3.05) is 31.6 Å². The summed E-state index contributed by atoms with van der Waals surface area (Å²) < 4.78 is 5.29. The van der Waals surface area contributed by atoms with Crippen LogP contribution in [0.25, 0.3) is 0 Å². The largest absolute Gasteiger partial charge is 0.497 e.